The lowest BCUT2D eigenvalue weighted by molar-refractivity contribution is 0.0980. The fourth-order valence-corrected chi connectivity index (χ4v) is 6.62. The number of rotatable bonds is 8. The lowest BCUT2D eigenvalue weighted by Crippen LogP contribution is -2.52. The minimum Gasteiger partial charge on any atom is -0.367 e. The quantitative estimate of drug-likeness (QED) is 0.276. The number of aromatic nitrogens is 4. The van der Waals surface area contributed by atoms with Crippen LogP contribution in [0, 0.1) is 11.6 Å². The number of hydrogen-bond acceptors (Lipinski definition) is 11. The molecule has 46 heavy (non-hydrogen) atoms. The van der Waals surface area contributed by atoms with Gasteiger partial charge in [0.15, 0.2) is 17.5 Å². The number of anilines is 6. The van der Waals surface area contributed by atoms with Gasteiger partial charge in [-0.2, -0.15) is 4.98 Å². The van der Waals surface area contributed by atoms with Gasteiger partial charge < -0.3 is 20.4 Å². The minimum absolute atomic E-state index is 0.0186. The molecule has 0 amide bonds. The zero-order valence-electron chi connectivity index (χ0n) is 25.7. The lowest BCUT2D eigenvalue weighted by Gasteiger charge is -2.42. The van der Waals surface area contributed by atoms with Crippen LogP contribution in [0.3, 0.4) is 0 Å². The van der Waals surface area contributed by atoms with Crippen molar-refractivity contribution in [3.63, 3.8) is 0 Å². The van der Waals surface area contributed by atoms with Crippen molar-refractivity contribution in [2.24, 2.45) is 0 Å². The number of sulfonamides is 1. The smallest absolute Gasteiger partial charge is 0.232 e. The highest BCUT2D eigenvalue weighted by atomic mass is 35.5. The van der Waals surface area contributed by atoms with Crippen molar-refractivity contribution in [2.75, 3.05) is 79.5 Å². The van der Waals surface area contributed by atoms with Crippen LogP contribution < -0.4 is 19.8 Å². The molecule has 2 aliphatic rings. The molecule has 0 atom stereocenters. The number of hydrogen-bond donors (Lipinski definition) is 2. The van der Waals surface area contributed by atoms with Gasteiger partial charge >= 0.3 is 0 Å². The van der Waals surface area contributed by atoms with E-state index in [9.17, 15) is 8.42 Å². The Labute approximate surface area is 271 Å². The highest BCUT2D eigenvalue weighted by molar-refractivity contribution is 7.92. The van der Waals surface area contributed by atoms with Crippen molar-refractivity contribution < 1.29 is 17.2 Å². The summed E-state index contributed by atoms with van der Waals surface area (Å²) < 4.78 is 56.9. The van der Waals surface area contributed by atoms with Crippen molar-refractivity contribution in [1.29, 1.82) is 0 Å². The molecular formula is C30H35ClF2N10O2S. The second-order valence-corrected chi connectivity index (χ2v) is 14.0. The summed E-state index contributed by atoms with van der Waals surface area (Å²) in [7, 11) is -0.154. The van der Waals surface area contributed by atoms with E-state index in [1.54, 1.807) is 17.0 Å². The molecule has 4 aromatic rings. The molecule has 0 unspecified atom stereocenters. The summed E-state index contributed by atoms with van der Waals surface area (Å²) in [6.07, 6.45) is 7.07. The van der Waals surface area contributed by atoms with Crippen LogP contribution in [0.1, 0.15) is 12.8 Å². The third kappa shape index (κ3) is 6.77. The largest absolute Gasteiger partial charge is 0.367 e. The number of halogens is 3. The van der Waals surface area contributed by atoms with Crippen LogP contribution in [-0.4, -0.2) is 104 Å². The Morgan fingerprint density at radius 1 is 0.957 bits per heavy atom. The van der Waals surface area contributed by atoms with Crippen LogP contribution in [0.5, 0.6) is 0 Å². The molecule has 0 radical (unpaired) electrons. The number of piperazine rings is 1. The first-order valence-corrected chi connectivity index (χ1v) is 17.1. The van der Waals surface area contributed by atoms with Gasteiger partial charge in [-0.05, 0) is 44.2 Å². The lowest BCUT2D eigenvalue weighted by atomic mass is 10.0. The summed E-state index contributed by atoms with van der Waals surface area (Å²) in [4.78, 5) is 23.8. The number of likely N-dealkylation sites (N-methyl/N-ethyl adjacent to an activating group) is 1. The molecule has 244 valence electrons. The van der Waals surface area contributed by atoms with Crippen molar-refractivity contribution in [1.82, 2.24) is 29.7 Å². The Kier molecular flexibility index (Phi) is 9.10. The highest BCUT2D eigenvalue weighted by Crippen LogP contribution is 2.37. The summed E-state index contributed by atoms with van der Waals surface area (Å²) in [5, 5.41) is 6.04. The van der Waals surface area contributed by atoms with E-state index in [4.69, 9.17) is 11.6 Å². The Balaban J connectivity index is 1.20. The number of nitrogens with zero attached hydrogens (tertiary/aromatic N) is 8. The molecule has 6 rings (SSSR count). The second kappa shape index (κ2) is 13.1. The molecular weight excluding hydrogens is 638 g/mol. The van der Waals surface area contributed by atoms with E-state index in [0.29, 0.717) is 35.9 Å². The monoisotopic (exact) mass is 672 g/mol. The fourth-order valence-electron chi connectivity index (χ4n) is 5.96. The van der Waals surface area contributed by atoms with Crippen LogP contribution in [-0.2, 0) is 10.0 Å². The van der Waals surface area contributed by atoms with Crippen LogP contribution in [0.25, 0.3) is 11.0 Å². The minimum atomic E-state index is -3.68. The predicted molar refractivity (Wildman–Crippen MR) is 177 cm³/mol. The molecule has 2 aromatic carbocycles. The molecule has 2 aliphatic heterocycles. The molecule has 4 heterocycles. The normalized spacial score (nSPS) is 17.0. The van der Waals surface area contributed by atoms with E-state index in [1.165, 1.54) is 37.8 Å². The molecule has 16 heteroatoms. The number of benzene rings is 2. The Morgan fingerprint density at radius 3 is 2.30 bits per heavy atom. The number of fused-ring (bicyclic) bond motifs is 1. The molecule has 0 aliphatic carbocycles. The van der Waals surface area contributed by atoms with Crippen LogP contribution in [0.2, 0.25) is 5.02 Å². The molecule has 12 nitrogen and oxygen atoms in total. The van der Waals surface area contributed by atoms with Gasteiger partial charge in [-0.25, -0.2) is 22.2 Å². The van der Waals surface area contributed by atoms with Gasteiger partial charge in [-0.3, -0.25) is 19.2 Å². The molecule has 2 N–H and O–H groups in total. The molecule has 2 fully saturated rings. The van der Waals surface area contributed by atoms with Gasteiger partial charge in [-0.1, -0.05) is 11.6 Å². The SMILES string of the molecule is CN1CCN(C2CCN(c3c(F)cc(Nc4ncc(Cl)c(Nc5ccc6nccnc6c5N(C)S(C)(=O)=O)n4)cc3F)CC2)CC1. The summed E-state index contributed by atoms with van der Waals surface area (Å²) in [6, 6.07) is 6.18. The molecule has 2 aromatic heterocycles. The van der Waals surface area contributed by atoms with Gasteiger partial charge in [0, 0.05) is 70.4 Å². The number of nitrogens with one attached hydrogen (secondary N) is 2. The van der Waals surface area contributed by atoms with E-state index >= 15 is 8.78 Å². The van der Waals surface area contributed by atoms with E-state index in [2.05, 4.69) is 47.4 Å². The fraction of sp³-hybridized carbons (Fsp3) is 0.400. The average Bonchev–Trinajstić information content (AvgIpc) is 3.02. The van der Waals surface area contributed by atoms with Gasteiger partial charge in [0.25, 0.3) is 0 Å². The average molecular weight is 673 g/mol. The van der Waals surface area contributed by atoms with Crippen molar-refractivity contribution in [3.05, 3.63) is 59.5 Å². The maximum atomic E-state index is 15.4. The summed E-state index contributed by atoms with van der Waals surface area (Å²) in [6.45, 7) is 5.25. The van der Waals surface area contributed by atoms with Crippen LogP contribution >= 0.6 is 11.6 Å². The summed E-state index contributed by atoms with van der Waals surface area (Å²) >= 11 is 6.41. The Bertz CT molecular complexity index is 1830. The van der Waals surface area contributed by atoms with E-state index in [-0.39, 0.29) is 33.9 Å². The number of piperidine rings is 1. The molecule has 0 saturated carbocycles. The molecule has 0 spiro atoms. The standard InChI is InChI=1S/C30H35ClF2N10O2S/c1-40-12-14-42(15-13-40)20-6-10-43(11-7-20)27-22(32)16-19(17-23(27)33)37-30-36-18-21(31)29(39-30)38-25-5-4-24-26(35-9-8-34-24)28(25)41(2)46(3,44)45/h4-5,8-9,16-18,20H,6-7,10-15H2,1-3H3,(H2,36,37,38,39). The van der Waals surface area contributed by atoms with Crippen LogP contribution in [0.15, 0.2) is 42.9 Å². The summed E-state index contributed by atoms with van der Waals surface area (Å²) in [5.74, 6) is -1.21. The Hall–Kier alpha value is -3.92. The first kappa shape index (κ1) is 32.0. The first-order valence-electron chi connectivity index (χ1n) is 14.9. The third-order valence-electron chi connectivity index (χ3n) is 8.53. The zero-order valence-corrected chi connectivity index (χ0v) is 27.3. The van der Waals surface area contributed by atoms with E-state index in [1.807, 2.05) is 0 Å². The predicted octanol–water partition coefficient (Wildman–Crippen LogP) is 4.45. The van der Waals surface area contributed by atoms with Crippen molar-refractivity contribution >= 4 is 67.2 Å². The van der Waals surface area contributed by atoms with Gasteiger partial charge in [0.05, 0.1) is 23.7 Å². The third-order valence-corrected chi connectivity index (χ3v) is 9.99. The van der Waals surface area contributed by atoms with Gasteiger partial charge in [-0.15, -0.1) is 0 Å². The zero-order chi connectivity index (χ0) is 32.6. The second-order valence-electron chi connectivity index (χ2n) is 11.6. The first-order chi connectivity index (χ1) is 22.0. The van der Waals surface area contributed by atoms with E-state index < -0.39 is 21.7 Å². The van der Waals surface area contributed by atoms with Gasteiger partial charge in [0.2, 0.25) is 16.0 Å². The summed E-state index contributed by atoms with van der Waals surface area (Å²) in [5.41, 5.74) is 1.50. The van der Waals surface area contributed by atoms with E-state index in [0.717, 1.165) is 49.6 Å². The maximum absolute atomic E-state index is 15.4. The van der Waals surface area contributed by atoms with Crippen molar-refractivity contribution in [2.45, 2.75) is 18.9 Å². The van der Waals surface area contributed by atoms with Crippen LogP contribution in [0.4, 0.5) is 43.3 Å². The van der Waals surface area contributed by atoms with Gasteiger partial charge in [0.1, 0.15) is 21.9 Å². The Morgan fingerprint density at radius 2 is 1.63 bits per heavy atom. The highest BCUT2D eigenvalue weighted by Gasteiger charge is 2.29. The molecule has 2 saturated heterocycles. The topological polar surface area (TPSA) is 123 Å². The molecule has 0 bridgehead atoms. The maximum Gasteiger partial charge on any atom is 0.232 e. The van der Waals surface area contributed by atoms with Crippen molar-refractivity contribution in [3.8, 4) is 0 Å².